The Morgan fingerprint density at radius 1 is 1.29 bits per heavy atom. The van der Waals surface area contributed by atoms with E-state index in [4.69, 9.17) is 0 Å². The van der Waals surface area contributed by atoms with Gasteiger partial charge in [-0.1, -0.05) is 25.6 Å². The van der Waals surface area contributed by atoms with Gasteiger partial charge < -0.3 is 9.88 Å². The molecule has 28 heavy (non-hydrogen) atoms. The van der Waals surface area contributed by atoms with Gasteiger partial charge in [0.2, 0.25) is 5.91 Å². The Hall–Kier alpha value is -2.26. The first-order valence-electron chi connectivity index (χ1n) is 8.78. The predicted octanol–water partition coefficient (Wildman–Crippen LogP) is 5.16. The lowest BCUT2D eigenvalue weighted by molar-refractivity contribution is -0.113. The highest BCUT2D eigenvalue weighted by molar-refractivity contribution is 7.99. The third-order valence-corrected chi connectivity index (χ3v) is 6.22. The zero-order valence-electron chi connectivity index (χ0n) is 15.7. The van der Waals surface area contributed by atoms with Crippen LogP contribution in [0.4, 0.5) is 14.5 Å². The smallest absolute Gasteiger partial charge is 0.234 e. The predicted molar refractivity (Wildman–Crippen MR) is 109 cm³/mol. The molecule has 9 heteroatoms. The minimum atomic E-state index is -0.809. The highest BCUT2D eigenvalue weighted by Crippen LogP contribution is 2.31. The van der Waals surface area contributed by atoms with Crippen LogP contribution in [0.1, 0.15) is 31.6 Å². The van der Waals surface area contributed by atoms with E-state index < -0.39 is 17.5 Å². The molecule has 0 fully saturated rings. The van der Waals surface area contributed by atoms with E-state index in [1.165, 1.54) is 22.7 Å². The van der Waals surface area contributed by atoms with Crippen LogP contribution >= 0.6 is 23.1 Å². The van der Waals surface area contributed by atoms with Crippen molar-refractivity contribution < 1.29 is 13.6 Å². The van der Waals surface area contributed by atoms with Crippen molar-refractivity contribution >= 4 is 34.7 Å². The number of aromatic nitrogens is 3. The van der Waals surface area contributed by atoms with E-state index >= 15 is 0 Å². The summed E-state index contributed by atoms with van der Waals surface area (Å²) < 4.78 is 28.6. The quantitative estimate of drug-likeness (QED) is 0.535. The van der Waals surface area contributed by atoms with Crippen molar-refractivity contribution in [1.82, 2.24) is 14.8 Å². The second-order valence-corrected chi connectivity index (χ2v) is 8.29. The fourth-order valence-corrected chi connectivity index (χ4v) is 4.28. The molecule has 0 radical (unpaired) electrons. The minimum absolute atomic E-state index is 0.0375. The number of amides is 1. The standard InChI is InChI=1S/C19H20F2N4OS2/c1-4-25-18(12-7-16(11(2)3)27-9-12)23-24-19(25)28-10-17(26)22-15-6-5-13(20)8-14(15)21/h5-9,11H,4,10H2,1-3H3,(H,22,26). The van der Waals surface area contributed by atoms with Gasteiger partial charge >= 0.3 is 0 Å². The highest BCUT2D eigenvalue weighted by atomic mass is 32.2. The topological polar surface area (TPSA) is 59.8 Å². The Morgan fingerprint density at radius 2 is 2.07 bits per heavy atom. The molecule has 1 amide bonds. The molecule has 3 rings (SSSR count). The summed E-state index contributed by atoms with van der Waals surface area (Å²) in [6.45, 7) is 6.93. The van der Waals surface area contributed by atoms with E-state index in [-0.39, 0.29) is 11.4 Å². The molecule has 148 valence electrons. The molecule has 1 aromatic carbocycles. The summed E-state index contributed by atoms with van der Waals surface area (Å²) in [5, 5.41) is 13.6. The lowest BCUT2D eigenvalue weighted by atomic mass is 10.1. The molecule has 5 nitrogen and oxygen atoms in total. The highest BCUT2D eigenvalue weighted by Gasteiger charge is 2.17. The molecule has 0 saturated heterocycles. The average Bonchev–Trinajstić information content (AvgIpc) is 3.28. The van der Waals surface area contributed by atoms with Gasteiger partial charge in [-0.2, -0.15) is 0 Å². The maximum Gasteiger partial charge on any atom is 0.234 e. The van der Waals surface area contributed by atoms with Gasteiger partial charge in [-0.15, -0.1) is 21.5 Å². The molecule has 0 saturated carbocycles. The number of hydrogen-bond acceptors (Lipinski definition) is 5. The number of thioether (sulfide) groups is 1. The van der Waals surface area contributed by atoms with Gasteiger partial charge in [-0.05, 0) is 31.0 Å². The maximum atomic E-state index is 13.7. The molecule has 0 aliphatic heterocycles. The number of rotatable bonds is 7. The number of carbonyl (C=O) groups is 1. The Bertz CT molecular complexity index is 984. The number of benzene rings is 1. The van der Waals surface area contributed by atoms with Crippen LogP contribution < -0.4 is 5.32 Å². The monoisotopic (exact) mass is 422 g/mol. The molecular formula is C19H20F2N4OS2. The van der Waals surface area contributed by atoms with Crippen molar-refractivity contribution in [3.63, 3.8) is 0 Å². The summed E-state index contributed by atoms with van der Waals surface area (Å²) in [6.07, 6.45) is 0. The van der Waals surface area contributed by atoms with Gasteiger partial charge in [0.1, 0.15) is 11.6 Å². The van der Waals surface area contributed by atoms with Crippen molar-refractivity contribution in [2.24, 2.45) is 0 Å². The Balaban J connectivity index is 1.69. The second kappa shape index (κ2) is 8.83. The number of thiophene rings is 1. The Kier molecular flexibility index (Phi) is 6.46. The normalized spacial score (nSPS) is 11.2. The van der Waals surface area contributed by atoms with Crippen molar-refractivity contribution in [2.75, 3.05) is 11.1 Å². The SMILES string of the molecule is CCn1c(SCC(=O)Nc2ccc(F)cc2F)nnc1-c1csc(C(C)C)c1. The third kappa shape index (κ3) is 4.59. The average molecular weight is 423 g/mol. The van der Waals surface area contributed by atoms with Gasteiger partial charge in [-0.25, -0.2) is 8.78 Å². The zero-order valence-corrected chi connectivity index (χ0v) is 17.3. The summed E-state index contributed by atoms with van der Waals surface area (Å²) in [5.74, 6) is -0.659. The van der Waals surface area contributed by atoms with Crippen LogP contribution in [0.3, 0.4) is 0 Å². The fourth-order valence-electron chi connectivity index (χ4n) is 2.57. The minimum Gasteiger partial charge on any atom is -0.323 e. The van der Waals surface area contributed by atoms with E-state index in [0.29, 0.717) is 17.6 Å². The molecule has 2 aromatic heterocycles. The van der Waals surface area contributed by atoms with E-state index in [0.717, 1.165) is 23.5 Å². The molecule has 2 heterocycles. The first-order valence-corrected chi connectivity index (χ1v) is 10.6. The van der Waals surface area contributed by atoms with Crippen LogP contribution in [0, 0.1) is 11.6 Å². The summed E-state index contributed by atoms with van der Waals surface area (Å²) in [4.78, 5) is 13.4. The number of halogens is 2. The summed E-state index contributed by atoms with van der Waals surface area (Å²) in [5.41, 5.74) is 0.955. The summed E-state index contributed by atoms with van der Waals surface area (Å²) in [7, 11) is 0. The van der Waals surface area contributed by atoms with Gasteiger partial charge in [0, 0.05) is 28.4 Å². The molecule has 0 atom stereocenters. The van der Waals surface area contributed by atoms with E-state index in [9.17, 15) is 13.6 Å². The van der Waals surface area contributed by atoms with Crippen LogP contribution in [0.25, 0.3) is 11.4 Å². The number of nitrogens with zero attached hydrogens (tertiary/aromatic N) is 3. The number of anilines is 1. The molecule has 3 aromatic rings. The molecule has 0 bridgehead atoms. The molecule has 0 aliphatic carbocycles. The third-order valence-electron chi connectivity index (χ3n) is 4.02. The summed E-state index contributed by atoms with van der Waals surface area (Å²) in [6, 6.07) is 5.14. The van der Waals surface area contributed by atoms with E-state index in [1.54, 1.807) is 11.3 Å². The molecule has 0 spiro atoms. The van der Waals surface area contributed by atoms with Gasteiger partial charge in [0.25, 0.3) is 0 Å². The van der Waals surface area contributed by atoms with Gasteiger partial charge in [-0.3, -0.25) is 4.79 Å². The Labute approximate surface area is 170 Å². The zero-order chi connectivity index (χ0) is 20.3. The number of nitrogens with one attached hydrogen (secondary N) is 1. The Morgan fingerprint density at radius 3 is 2.71 bits per heavy atom. The van der Waals surface area contributed by atoms with Crippen LogP contribution in [0.5, 0.6) is 0 Å². The van der Waals surface area contributed by atoms with Crippen LogP contribution in [-0.4, -0.2) is 26.4 Å². The number of carbonyl (C=O) groups excluding carboxylic acids is 1. The maximum absolute atomic E-state index is 13.7. The van der Waals surface area contributed by atoms with Crippen LogP contribution in [-0.2, 0) is 11.3 Å². The van der Waals surface area contributed by atoms with Crippen molar-refractivity contribution in [3.05, 3.63) is 46.2 Å². The molecular weight excluding hydrogens is 402 g/mol. The molecule has 0 unspecified atom stereocenters. The largest absolute Gasteiger partial charge is 0.323 e. The number of hydrogen-bond donors (Lipinski definition) is 1. The lowest BCUT2D eigenvalue weighted by Crippen LogP contribution is -2.15. The first-order chi connectivity index (χ1) is 13.4. The van der Waals surface area contributed by atoms with Gasteiger partial charge in [0.15, 0.2) is 11.0 Å². The first kappa shape index (κ1) is 20.5. The molecule has 1 N–H and O–H groups in total. The van der Waals surface area contributed by atoms with Crippen molar-refractivity contribution in [1.29, 1.82) is 0 Å². The van der Waals surface area contributed by atoms with Gasteiger partial charge in [0.05, 0.1) is 11.4 Å². The van der Waals surface area contributed by atoms with E-state index in [1.807, 2.05) is 11.5 Å². The van der Waals surface area contributed by atoms with Crippen molar-refractivity contribution in [3.8, 4) is 11.4 Å². The van der Waals surface area contributed by atoms with Crippen LogP contribution in [0.2, 0.25) is 0 Å². The second-order valence-electron chi connectivity index (χ2n) is 6.40. The fraction of sp³-hybridized carbons (Fsp3) is 0.316. The lowest BCUT2D eigenvalue weighted by Gasteiger charge is -2.08. The van der Waals surface area contributed by atoms with E-state index in [2.05, 4.69) is 40.8 Å². The van der Waals surface area contributed by atoms with Crippen molar-refractivity contribution in [2.45, 2.75) is 38.4 Å². The molecule has 0 aliphatic rings. The van der Waals surface area contributed by atoms with Crippen LogP contribution in [0.15, 0.2) is 34.8 Å². The summed E-state index contributed by atoms with van der Waals surface area (Å²) >= 11 is 2.91.